The number of hydrogen-bond acceptors (Lipinski definition) is 3. The lowest BCUT2D eigenvalue weighted by Gasteiger charge is -2.15. The summed E-state index contributed by atoms with van der Waals surface area (Å²) in [7, 11) is 1.39. The summed E-state index contributed by atoms with van der Waals surface area (Å²) in [6, 6.07) is 3.04. The molecule has 0 radical (unpaired) electrons. The Kier molecular flexibility index (Phi) is 3.57. The summed E-state index contributed by atoms with van der Waals surface area (Å²) in [6.45, 7) is 1.53. The molecule has 0 heterocycles. The molecule has 0 aliphatic rings. The van der Waals surface area contributed by atoms with Crippen LogP contribution in [0.15, 0.2) is 16.6 Å². The highest BCUT2D eigenvalue weighted by atomic mass is 79.9. The summed E-state index contributed by atoms with van der Waals surface area (Å²) in [4.78, 5) is 10.9. The largest absolute Gasteiger partial charge is 0.504 e. The molecule has 4 nitrogen and oxygen atoms in total. The van der Waals surface area contributed by atoms with Crippen LogP contribution < -0.4 is 4.74 Å². The van der Waals surface area contributed by atoms with Gasteiger partial charge in [-0.3, -0.25) is 4.79 Å². The van der Waals surface area contributed by atoms with Crippen LogP contribution in [-0.2, 0) is 4.79 Å². The van der Waals surface area contributed by atoms with Gasteiger partial charge in [-0.25, -0.2) is 0 Å². The molecule has 0 saturated carbocycles. The first kappa shape index (κ1) is 11.8. The Labute approximate surface area is 95.6 Å². The van der Waals surface area contributed by atoms with Crippen molar-refractivity contribution < 1.29 is 19.7 Å². The van der Waals surface area contributed by atoms with E-state index in [1.807, 2.05) is 0 Å². The Hall–Kier alpha value is -1.23. The maximum Gasteiger partial charge on any atom is 0.310 e. The van der Waals surface area contributed by atoms with Crippen LogP contribution in [0.5, 0.6) is 11.5 Å². The number of halogens is 1. The molecular formula is C10H11BrO4. The lowest BCUT2D eigenvalue weighted by atomic mass is 10.00. The second-order valence-electron chi connectivity index (χ2n) is 3.07. The molecule has 0 aliphatic carbocycles. The molecule has 0 bridgehead atoms. The number of carbonyl (C=O) groups is 1. The van der Waals surface area contributed by atoms with Crippen molar-refractivity contribution in [3.63, 3.8) is 0 Å². The second kappa shape index (κ2) is 4.53. The van der Waals surface area contributed by atoms with Crippen molar-refractivity contribution in [3.8, 4) is 11.5 Å². The maximum absolute atomic E-state index is 10.9. The third-order valence-corrected chi connectivity index (χ3v) is 2.82. The number of phenols is 1. The number of hydrogen-bond donors (Lipinski definition) is 2. The lowest BCUT2D eigenvalue weighted by Crippen LogP contribution is -2.09. The number of methoxy groups -OCH3 is 1. The summed E-state index contributed by atoms with van der Waals surface area (Å²) in [5.41, 5.74) is 0.435. The molecule has 0 aromatic heterocycles. The quantitative estimate of drug-likeness (QED) is 0.888. The first-order valence-corrected chi connectivity index (χ1v) is 5.06. The van der Waals surface area contributed by atoms with Gasteiger partial charge in [0.1, 0.15) is 0 Å². The van der Waals surface area contributed by atoms with Crippen molar-refractivity contribution in [2.24, 2.45) is 0 Å². The molecule has 0 saturated heterocycles. The zero-order valence-corrected chi connectivity index (χ0v) is 9.91. The number of rotatable bonds is 3. The average Bonchev–Trinajstić information content (AvgIpc) is 2.19. The SMILES string of the molecule is COc1c(O)ccc(Br)c1C(C)C(=O)O. The molecule has 0 amide bonds. The standard InChI is InChI=1S/C10H11BrO4/c1-5(10(13)14)8-6(11)3-4-7(12)9(8)15-2/h3-5,12H,1-2H3,(H,13,14). The molecular weight excluding hydrogens is 264 g/mol. The van der Waals surface area contributed by atoms with Crippen LogP contribution in [0.25, 0.3) is 0 Å². The van der Waals surface area contributed by atoms with Gasteiger partial charge in [0.05, 0.1) is 13.0 Å². The van der Waals surface area contributed by atoms with E-state index >= 15 is 0 Å². The van der Waals surface area contributed by atoms with E-state index in [0.29, 0.717) is 10.0 Å². The van der Waals surface area contributed by atoms with E-state index in [1.54, 1.807) is 6.07 Å². The first-order chi connectivity index (χ1) is 6.99. The number of carboxylic acids is 1. The summed E-state index contributed by atoms with van der Waals surface area (Å²) < 4.78 is 5.59. The minimum atomic E-state index is -0.973. The third kappa shape index (κ3) is 2.23. The molecule has 2 N–H and O–H groups in total. The van der Waals surface area contributed by atoms with Crippen molar-refractivity contribution in [2.45, 2.75) is 12.8 Å². The fraction of sp³-hybridized carbons (Fsp3) is 0.300. The van der Waals surface area contributed by atoms with Crippen LogP contribution >= 0.6 is 15.9 Å². The minimum absolute atomic E-state index is 0.0659. The van der Waals surface area contributed by atoms with E-state index in [9.17, 15) is 9.90 Å². The number of aromatic hydroxyl groups is 1. The number of carboxylic acid groups (broad SMARTS) is 1. The van der Waals surface area contributed by atoms with Crippen LogP contribution in [0.4, 0.5) is 0 Å². The molecule has 15 heavy (non-hydrogen) atoms. The van der Waals surface area contributed by atoms with Gasteiger partial charge in [-0.05, 0) is 19.1 Å². The summed E-state index contributed by atoms with van der Waals surface area (Å²) in [5, 5.41) is 18.4. The average molecular weight is 275 g/mol. The van der Waals surface area contributed by atoms with Crippen molar-refractivity contribution in [1.29, 1.82) is 0 Å². The van der Waals surface area contributed by atoms with Crippen LogP contribution in [0.1, 0.15) is 18.4 Å². The summed E-state index contributed by atoms with van der Waals surface area (Å²) >= 11 is 3.24. The van der Waals surface area contributed by atoms with Gasteiger partial charge in [0, 0.05) is 10.0 Å². The number of phenolic OH excluding ortho intramolecular Hbond substituents is 1. The van der Waals surface area contributed by atoms with Crippen LogP contribution in [-0.4, -0.2) is 23.3 Å². The molecule has 0 aliphatic heterocycles. The van der Waals surface area contributed by atoms with E-state index in [1.165, 1.54) is 20.1 Å². The highest BCUT2D eigenvalue weighted by molar-refractivity contribution is 9.10. The summed E-state index contributed by atoms with van der Waals surface area (Å²) in [6.07, 6.45) is 0. The number of ether oxygens (including phenoxy) is 1. The van der Waals surface area contributed by atoms with E-state index in [2.05, 4.69) is 15.9 Å². The van der Waals surface area contributed by atoms with E-state index in [0.717, 1.165) is 0 Å². The van der Waals surface area contributed by atoms with E-state index < -0.39 is 11.9 Å². The molecule has 1 unspecified atom stereocenters. The van der Waals surface area contributed by atoms with Gasteiger partial charge in [-0.1, -0.05) is 15.9 Å². The molecule has 0 fully saturated rings. The molecule has 1 aromatic carbocycles. The van der Waals surface area contributed by atoms with Crippen LogP contribution in [0.3, 0.4) is 0 Å². The molecule has 5 heteroatoms. The van der Waals surface area contributed by atoms with E-state index in [4.69, 9.17) is 9.84 Å². The monoisotopic (exact) mass is 274 g/mol. The second-order valence-corrected chi connectivity index (χ2v) is 3.93. The Morgan fingerprint density at radius 1 is 1.53 bits per heavy atom. The molecule has 1 atom stereocenters. The predicted octanol–water partition coefficient (Wildman–Crippen LogP) is 2.35. The zero-order chi connectivity index (χ0) is 11.6. The van der Waals surface area contributed by atoms with Crippen LogP contribution in [0.2, 0.25) is 0 Å². The fourth-order valence-corrected chi connectivity index (χ4v) is 1.96. The van der Waals surface area contributed by atoms with Gasteiger partial charge >= 0.3 is 5.97 Å². The Balaban J connectivity index is 3.37. The Morgan fingerprint density at radius 3 is 2.60 bits per heavy atom. The Morgan fingerprint density at radius 2 is 2.13 bits per heavy atom. The molecule has 0 spiro atoms. The maximum atomic E-state index is 10.9. The Bertz CT molecular complexity index is 389. The minimum Gasteiger partial charge on any atom is -0.504 e. The topological polar surface area (TPSA) is 66.8 Å². The zero-order valence-electron chi connectivity index (χ0n) is 8.32. The lowest BCUT2D eigenvalue weighted by molar-refractivity contribution is -0.138. The molecule has 1 aromatic rings. The third-order valence-electron chi connectivity index (χ3n) is 2.13. The highest BCUT2D eigenvalue weighted by Crippen LogP contribution is 2.39. The predicted molar refractivity (Wildman–Crippen MR) is 58.4 cm³/mol. The van der Waals surface area contributed by atoms with Crippen molar-refractivity contribution in [1.82, 2.24) is 0 Å². The van der Waals surface area contributed by atoms with Crippen molar-refractivity contribution in [3.05, 3.63) is 22.2 Å². The fourth-order valence-electron chi connectivity index (χ4n) is 1.31. The van der Waals surface area contributed by atoms with Gasteiger partial charge in [0.2, 0.25) is 0 Å². The number of aliphatic carboxylic acids is 1. The van der Waals surface area contributed by atoms with Crippen LogP contribution in [0, 0.1) is 0 Å². The van der Waals surface area contributed by atoms with Crippen molar-refractivity contribution >= 4 is 21.9 Å². The summed E-state index contributed by atoms with van der Waals surface area (Å²) in [5.74, 6) is -1.59. The van der Waals surface area contributed by atoms with Gasteiger partial charge < -0.3 is 14.9 Å². The van der Waals surface area contributed by atoms with Gasteiger partial charge in [0.15, 0.2) is 11.5 Å². The van der Waals surface area contributed by atoms with Gasteiger partial charge in [0.25, 0.3) is 0 Å². The van der Waals surface area contributed by atoms with Crippen molar-refractivity contribution in [2.75, 3.05) is 7.11 Å². The van der Waals surface area contributed by atoms with E-state index in [-0.39, 0.29) is 11.5 Å². The number of benzene rings is 1. The molecule has 82 valence electrons. The van der Waals surface area contributed by atoms with Gasteiger partial charge in [-0.2, -0.15) is 0 Å². The smallest absolute Gasteiger partial charge is 0.310 e. The normalized spacial score (nSPS) is 12.2. The highest BCUT2D eigenvalue weighted by Gasteiger charge is 2.23. The first-order valence-electron chi connectivity index (χ1n) is 4.27. The molecule has 1 rings (SSSR count). The van der Waals surface area contributed by atoms with Gasteiger partial charge in [-0.15, -0.1) is 0 Å².